The van der Waals surface area contributed by atoms with Gasteiger partial charge in [0.25, 0.3) is 0 Å². The summed E-state index contributed by atoms with van der Waals surface area (Å²) in [6, 6.07) is 9.57. The zero-order valence-corrected chi connectivity index (χ0v) is 17.7. The number of hydrogen-bond donors (Lipinski definition) is 1. The number of benzene rings is 2. The van der Waals surface area contributed by atoms with Gasteiger partial charge in [0.2, 0.25) is 5.76 Å². The van der Waals surface area contributed by atoms with E-state index in [1.165, 1.54) is 6.07 Å². The second kappa shape index (κ2) is 9.42. The van der Waals surface area contributed by atoms with Crippen molar-refractivity contribution in [3.63, 3.8) is 0 Å². The second-order valence-electron chi connectivity index (χ2n) is 6.94. The molecule has 3 rings (SSSR count). The van der Waals surface area contributed by atoms with Crippen molar-refractivity contribution in [3.05, 3.63) is 71.0 Å². The van der Waals surface area contributed by atoms with Crippen LogP contribution in [0.1, 0.15) is 22.5 Å². The largest absolute Gasteiger partial charge is 0.482 e. The second-order valence-corrected chi connectivity index (χ2v) is 7.99. The molecule has 0 saturated carbocycles. The Hall–Kier alpha value is -3.08. The standard InChI is InChI=1S/C22H16F6O4S/c1-12-8-16(6-7-17(12)31-10-19(29)30)33-11-14-9-18(32-20(14)22(26,27)28)13-2-4-15(5-3-13)21(23,24)25/h2-9H,10-11H2,1H3,(H,29,30). The van der Waals surface area contributed by atoms with E-state index in [0.717, 1.165) is 42.1 Å². The van der Waals surface area contributed by atoms with Crippen LogP contribution < -0.4 is 4.74 Å². The molecule has 3 aromatic rings. The van der Waals surface area contributed by atoms with Gasteiger partial charge in [-0.3, -0.25) is 0 Å². The first-order valence-electron chi connectivity index (χ1n) is 9.30. The Labute approximate surface area is 188 Å². The van der Waals surface area contributed by atoms with Crippen molar-refractivity contribution in [1.29, 1.82) is 0 Å². The van der Waals surface area contributed by atoms with Crippen molar-refractivity contribution >= 4 is 17.7 Å². The summed E-state index contributed by atoms with van der Waals surface area (Å²) < 4.78 is 88.7. The monoisotopic (exact) mass is 490 g/mol. The van der Waals surface area contributed by atoms with E-state index in [1.807, 2.05) is 0 Å². The Balaban J connectivity index is 1.81. The fourth-order valence-corrected chi connectivity index (χ4v) is 3.88. The number of thioether (sulfide) groups is 1. The minimum atomic E-state index is -4.79. The van der Waals surface area contributed by atoms with Gasteiger partial charge >= 0.3 is 18.3 Å². The molecule has 0 aliphatic heterocycles. The molecule has 1 aromatic heterocycles. The average molecular weight is 490 g/mol. The average Bonchev–Trinajstić information content (AvgIpc) is 3.16. The molecule has 0 unspecified atom stereocenters. The minimum Gasteiger partial charge on any atom is -0.482 e. The van der Waals surface area contributed by atoms with Crippen LogP contribution in [0.25, 0.3) is 11.3 Å². The van der Waals surface area contributed by atoms with E-state index < -0.39 is 36.3 Å². The fourth-order valence-electron chi connectivity index (χ4n) is 2.92. The quantitative estimate of drug-likeness (QED) is 0.284. The molecule has 0 aliphatic rings. The molecule has 0 bridgehead atoms. The van der Waals surface area contributed by atoms with E-state index in [4.69, 9.17) is 14.3 Å². The van der Waals surface area contributed by atoms with E-state index in [2.05, 4.69) is 0 Å². The van der Waals surface area contributed by atoms with Crippen LogP contribution in [0.4, 0.5) is 26.3 Å². The number of carbonyl (C=O) groups is 1. The number of halogens is 6. The third-order valence-electron chi connectivity index (χ3n) is 4.46. The highest BCUT2D eigenvalue weighted by molar-refractivity contribution is 7.98. The molecule has 4 nitrogen and oxygen atoms in total. The molecule has 1 N–H and O–H groups in total. The lowest BCUT2D eigenvalue weighted by molar-refractivity contribution is -0.153. The summed E-state index contributed by atoms with van der Waals surface area (Å²) in [5, 5.41) is 8.68. The molecule has 176 valence electrons. The molecule has 0 aliphatic carbocycles. The van der Waals surface area contributed by atoms with Gasteiger partial charge in [0.15, 0.2) is 6.61 Å². The van der Waals surface area contributed by atoms with Gasteiger partial charge in [-0.25, -0.2) is 4.79 Å². The number of furan rings is 1. The van der Waals surface area contributed by atoms with E-state index in [0.29, 0.717) is 16.2 Å². The van der Waals surface area contributed by atoms with Crippen molar-refractivity contribution in [2.45, 2.75) is 29.9 Å². The molecule has 2 aromatic carbocycles. The van der Waals surface area contributed by atoms with Crippen LogP contribution in [-0.4, -0.2) is 17.7 Å². The Morgan fingerprint density at radius 3 is 2.21 bits per heavy atom. The molecular weight excluding hydrogens is 474 g/mol. The molecule has 0 radical (unpaired) electrons. The van der Waals surface area contributed by atoms with Gasteiger partial charge in [0.05, 0.1) is 5.56 Å². The zero-order valence-electron chi connectivity index (χ0n) is 16.9. The topological polar surface area (TPSA) is 59.7 Å². The Kier molecular flexibility index (Phi) is 7.01. The van der Waals surface area contributed by atoms with Crippen LogP contribution in [0.5, 0.6) is 5.75 Å². The summed E-state index contributed by atoms with van der Waals surface area (Å²) in [5.74, 6) is -2.33. The predicted molar refractivity (Wildman–Crippen MR) is 108 cm³/mol. The molecular formula is C22H16F6O4S. The van der Waals surface area contributed by atoms with Crippen LogP contribution in [-0.2, 0) is 22.9 Å². The number of carboxylic acids is 1. The van der Waals surface area contributed by atoms with Crippen LogP contribution >= 0.6 is 11.8 Å². The van der Waals surface area contributed by atoms with Crippen molar-refractivity contribution in [2.75, 3.05) is 6.61 Å². The van der Waals surface area contributed by atoms with Crippen molar-refractivity contribution in [1.82, 2.24) is 0 Å². The zero-order chi connectivity index (χ0) is 24.4. The van der Waals surface area contributed by atoms with Gasteiger partial charge in [-0.05, 0) is 48.9 Å². The summed E-state index contributed by atoms with van der Waals surface area (Å²) in [4.78, 5) is 11.2. The lowest BCUT2D eigenvalue weighted by atomic mass is 10.1. The summed E-state index contributed by atoms with van der Waals surface area (Å²) in [5.41, 5.74) is -0.391. The minimum absolute atomic E-state index is 0.0838. The summed E-state index contributed by atoms with van der Waals surface area (Å²) >= 11 is 1.08. The van der Waals surface area contributed by atoms with Crippen LogP contribution in [0.2, 0.25) is 0 Å². The first kappa shape index (κ1) is 24.6. The number of hydrogen-bond acceptors (Lipinski definition) is 4. The third kappa shape index (κ3) is 6.25. The van der Waals surface area contributed by atoms with Crippen LogP contribution in [0.15, 0.2) is 57.8 Å². The van der Waals surface area contributed by atoms with Gasteiger partial charge in [-0.15, -0.1) is 11.8 Å². The highest BCUT2D eigenvalue weighted by Gasteiger charge is 2.38. The lowest BCUT2D eigenvalue weighted by Gasteiger charge is -2.09. The van der Waals surface area contributed by atoms with Gasteiger partial charge in [-0.1, -0.05) is 12.1 Å². The molecule has 0 atom stereocenters. The van der Waals surface area contributed by atoms with Crippen molar-refractivity contribution in [3.8, 4) is 17.1 Å². The highest BCUT2D eigenvalue weighted by Crippen LogP contribution is 2.40. The molecule has 33 heavy (non-hydrogen) atoms. The van der Waals surface area contributed by atoms with E-state index in [9.17, 15) is 31.1 Å². The Morgan fingerprint density at radius 1 is 1.00 bits per heavy atom. The van der Waals surface area contributed by atoms with E-state index in [-0.39, 0.29) is 22.6 Å². The number of aliphatic carboxylic acids is 1. The fraction of sp³-hybridized carbons (Fsp3) is 0.227. The number of alkyl halides is 6. The SMILES string of the molecule is Cc1cc(SCc2cc(-c3ccc(C(F)(F)F)cc3)oc2C(F)(F)F)ccc1OCC(=O)O. The first-order valence-corrected chi connectivity index (χ1v) is 10.3. The summed E-state index contributed by atoms with van der Waals surface area (Å²) in [7, 11) is 0. The lowest BCUT2D eigenvalue weighted by Crippen LogP contribution is -2.10. The molecule has 1 heterocycles. The first-order chi connectivity index (χ1) is 15.3. The predicted octanol–water partition coefficient (Wildman–Crippen LogP) is 7.05. The molecule has 11 heteroatoms. The van der Waals surface area contributed by atoms with Gasteiger partial charge in [0, 0.05) is 21.8 Å². The summed E-state index contributed by atoms with van der Waals surface area (Å²) in [6.45, 7) is 1.15. The Bertz CT molecular complexity index is 1130. The van der Waals surface area contributed by atoms with Crippen LogP contribution in [0.3, 0.4) is 0 Å². The van der Waals surface area contributed by atoms with Crippen molar-refractivity contribution < 1.29 is 45.4 Å². The number of carboxylic acid groups (broad SMARTS) is 1. The van der Waals surface area contributed by atoms with Gasteiger partial charge in [0.1, 0.15) is 11.5 Å². The number of rotatable bonds is 7. The van der Waals surface area contributed by atoms with E-state index >= 15 is 0 Å². The third-order valence-corrected chi connectivity index (χ3v) is 5.50. The molecule has 0 spiro atoms. The van der Waals surface area contributed by atoms with Gasteiger partial charge < -0.3 is 14.3 Å². The summed E-state index contributed by atoms with van der Waals surface area (Å²) in [6.07, 6.45) is -9.35. The smallest absolute Gasteiger partial charge is 0.449 e. The van der Waals surface area contributed by atoms with E-state index in [1.54, 1.807) is 19.1 Å². The van der Waals surface area contributed by atoms with Crippen molar-refractivity contribution in [2.24, 2.45) is 0 Å². The number of ether oxygens (including phenoxy) is 1. The number of aryl methyl sites for hydroxylation is 1. The Morgan fingerprint density at radius 2 is 1.67 bits per heavy atom. The molecule has 0 amide bonds. The molecule has 0 fully saturated rings. The normalized spacial score (nSPS) is 12.1. The van der Waals surface area contributed by atoms with Crippen LogP contribution in [0, 0.1) is 6.92 Å². The maximum Gasteiger partial charge on any atom is 0.449 e. The highest BCUT2D eigenvalue weighted by atomic mass is 32.2. The molecule has 0 saturated heterocycles. The maximum absolute atomic E-state index is 13.5. The van der Waals surface area contributed by atoms with Gasteiger partial charge in [-0.2, -0.15) is 26.3 Å². The maximum atomic E-state index is 13.5.